The molecule has 0 N–H and O–H groups in total. The molecule has 0 aromatic heterocycles. The summed E-state index contributed by atoms with van der Waals surface area (Å²) in [7, 11) is 3.45. The van der Waals surface area contributed by atoms with Gasteiger partial charge in [0, 0.05) is 19.2 Å². The molecule has 0 aliphatic rings. The molecule has 1 aromatic carbocycles. The van der Waals surface area contributed by atoms with Crippen LogP contribution in [0.3, 0.4) is 0 Å². The smallest absolute Gasteiger partial charge is 0.330 e. The molecule has 0 spiro atoms. The van der Waals surface area contributed by atoms with E-state index < -0.39 is 0 Å². The summed E-state index contributed by atoms with van der Waals surface area (Å²) >= 11 is 0. The zero-order chi connectivity index (χ0) is 12.5. The van der Waals surface area contributed by atoms with E-state index in [4.69, 9.17) is 0 Å². The van der Waals surface area contributed by atoms with Crippen LogP contribution < -0.4 is 0 Å². The van der Waals surface area contributed by atoms with Crippen molar-refractivity contribution in [2.45, 2.75) is 13.0 Å². The molecular weight excluding hydrogens is 214 g/mol. The third-order valence-electron chi connectivity index (χ3n) is 2.43. The van der Waals surface area contributed by atoms with Crippen molar-refractivity contribution in [3.8, 4) is 0 Å². The lowest BCUT2D eigenvalue weighted by atomic mass is 10.2. The zero-order valence-corrected chi connectivity index (χ0v) is 10.4. The highest BCUT2D eigenvalue weighted by Crippen LogP contribution is 2.03. The van der Waals surface area contributed by atoms with Crippen molar-refractivity contribution >= 4 is 5.97 Å². The molecule has 92 valence electrons. The van der Waals surface area contributed by atoms with Crippen molar-refractivity contribution in [2.75, 3.05) is 20.7 Å². The maximum Gasteiger partial charge on any atom is 0.330 e. The van der Waals surface area contributed by atoms with Gasteiger partial charge in [-0.3, -0.25) is 0 Å². The topological polar surface area (TPSA) is 29.5 Å². The first-order valence-electron chi connectivity index (χ1n) is 5.69. The average Bonchev–Trinajstić information content (AvgIpc) is 2.35. The second-order valence-corrected chi connectivity index (χ2v) is 3.94. The van der Waals surface area contributed by atoms with Gasteiger partial charge in [-0.2, -0.15) is 0 Å². The molecule has 0 bridgehead atoms. The van der Waals surface area contributed by atoms with Gasteiger partial charge in [0.1, 0.15) is 0 Å². The molecule has 0 aliphatic heterocycles. The summed E-state index contributed by atoms with van der Waals surface area (Å²) in [6.07, 6.45) is 4.15. The fourth-order valence-corrected chi connectivity index (χ4v) is 1.52. The Labute approximate surface area is 103 Å². The standard InChI is InChI=1S/C14H19NO2/c1-15(11-7-6-10-14(16)17-2)12-13-8-4-3-5-9-13/h3-6,8-10H,7,11-12H2,1-2H3. The van der Waals surface area contributed by atoms with Crippen LogP contribution in [0.4, 0.5) is 0 Å². The SMILES string of the molecule is COC(=O)C=CCCN(C)Cc1ccccc1. The molecule has 1 aromatic rings. The second-order valence-electron chi connectivity index (χ2n) is 3.94. The van der Waals surface area contributed by atoms with E-state index in [0.717, 1.165) is 19.5 Å². The highest BCUT2D eigenvalue weighted by Gasteiger charge is 1.98. The van der Waals surface area contributed by atoms with Crippen LogP contribution in [0.5, 0.6) is 0 Å². The van der Waals surface area contributed by atoms with Crippen molar-refractivity contribution in [3.05, 3.63) is 48.0 Å². The van der Waals surface area contributed by atoms with Gasteiger partial charge >= 0.3 is 5.97 Å². The maximum absolute atomic E-state index is 10.8. The fraction of sp³-hybridized carbons (Fsp3) is 0.357. The van der Waals surface area contributed by atoms with E-state index >= 15 is 0 Å². The van der Waals surface area contributed by atoms with Crippen molar-refractivity contribution in [1.29, 1.82) is 0 Å². The molecule has 1 rings (SSSR count). The van der Waals surface area contributed by atoms with E-state index in [9.17, 15) is 4.79 Å². The number of carbonyl (C=O) groups excluding carboxylic acids is 1. The average molecular weight is 233 g/mol. The van der Waals surface area contributed by atoms with E-state index in [2.05, 4.69) is 28.8 Å². The van der Waals surface area contributed by atoms with Crippen LogP contribution in [-0.2, 0) is 16.1 Å². The monoisotopic (exact) mass is 233 g/mol. The van der Waals surface area contributed by atoms with Crippen LogP contribution in [0, 0.1) is 0 Å². The minimum atomic E-state index is -0.296. The van der Waals surface area contributed by atoms with E-state index in [1.807, 2.05) is 24.3 Å². The minimum absolute atomic E-state index is 0.296. The number of methoxy groups -OCH3 is 1. The Morgan fingerprint density at radius 1 is 1.35 bits per heavy atom. The Morgan fingerprint density at radius 3 is 2.71 bits per heavy atom. The van der Waals surface area contributed by atoms with Crippen molar-refractivity contribution in [2.24, 2.45) is 0 Å². The normalized spacial score (nSPS) is 11.0. The van der Waals surface area contributed by atoms with Crippen molar-refractivity contribution in [3.63, 3.8) is 0 Å². The molecule has 0 amide bonds. The molecular formula is C14H19NO2. The lowest BCUT2D eigenvalue weighted by Crippen LogP contribution is -2.18. The van der Waals surface area contributed by atoms with E-state index in [0.29, 0.717) is 0 Å². The lowest BCUT2D eigenvalue weighted by molar-refractivity contribution is -0.134. The number of carbonyl (C=O) groups is 1. The Hall–Kier alpha value is -1.61. The number of hydrogen-bond donors (Lipinski definition) is 0. The quantitative estimate of drug-likeness (QED) is 0.557. The fourth-order valence-electron chi connectivity index (χ4n) is 1.52. The third kappa shape index (κ3) is 5.88. The third-order valence-corrected chi connectivity index (χ3v) is 2.43. The van der Waals surface area contributed by atoms with Crippen LogP contribution in [0.2, 0.25) is 0 Å². The predicted molar refractivity (Wildman–Crippen MR) is 68.5 cm³/mol. The van der Waals surface area contributed by atoms with Gasteiger partial charge in [0.15, 0.2) is 0 Å². The van der Waals surface area contributed by atoms with Crippen molar-refractivity contribution < 1.29 is 9.53 Å². The Kier molecular flexibility index (Phi) is 6.04. The highest BCUT2D eigenvalue weighted by molar-refractivity contribution is 5.81. The first kappa shape index (κ1) is 13.5. The molecule has 0 atom stereocenters. The van der Waals surface area contributed by atoms with Gasteiger partial charge in [-0.05, 0) is 19.0 Å². The van der Waals surface area contributed by atoms with Crippen LogP contribution in [0.15, 0.2) is 42.5 Å². The van der Waals surface area contributed by atoms with Gasteiger partial charge in [0.2, 0.25) is 0 Å². The first-order chi connectivity index (χ1) is 8.22. The van der Waals surface area contributed by atoms with Crippen LogP contribution >= 0.6 is 0 Å². The van der Waals surface area contributed by atoms with Gasteiger partial charge in [0.25, 0.3) is 0 Å². The van der Waals surface area contributed by atoms with E-state index in [-0.39, 0.29) is 5.97 Å². The number of benzene rings is 1. The van der Waals surface area contributed by atoms with Crippen LogP contribution in [0.1, 0.15) is 12.0 Å². The summed E-state index contributed by atoms with van der Waals surface area (Å²) in [5.41, 5.74) is 1.30. The molecule has 0 radical (unpaired) electrons. The molecule has 0 saturated heterocycles. The molecule has 3 nitrogen and oxygen atoms in total. The van der Waals surface area contributed by atoms with Crippen molar-refractivity contribution in [1.82, 2.24) is 4.90 Å². The van der Waals surface area contributed by atoms with Gasteiger partial charge in [-0.25, -0.2) is 4.79 Å². The molecule has 3 heteroatoms. The predicted octanol–water partition coefficient (Wildman–Crippen LogP) is 2.24. The summed E-state index contributed by atoms with van der Waals surface area (Å²) in [6.45, 7) is 1.84. The second kappa shape index (κ2) is 7.63. The first-order valence-corrected chi connectivity index (χ1v) is 5.69. The summed E-state index contributed by atoms with van der Waals surface area (Å²) in [5, 5.41) is 0. The van der Waals surface area contributed by atoms with Crippen LogP contribution in [0.25, 0.3) is 0 Å². The number of rotatable bonds is 6. The van der Waals surface area contributed by atoms with Gasteiger partial charge in [0.05, 0.1) is 7.11 Å². The number of hydrogen-bond acceptors (Lipinski definition) is 3. The Morgan fingerprint density at radius 2 is 2.06 bits per heavy atom. The minimum Gasteiger partial charge on any atom is -0.466 e. The largest absolute Gasteiger partial charge is 0.466 e. The Bertz CT molecular complexity index is 360. The number of nitrogens with zero attached hydrogens (tertiary/aromatic N) is 1. The molecule has 0 saturated carbocycles. The zero-order valence-electron chi connectivity index (χ0n) is 10.4. The lowest BCUT2D eigenvalue weighted by Gasteiger charge is -2.15. The molecule has 0 fully saturated rings. The molecule has 0 heterocycles. The maximum atomic E-state index is 10.8. The number of ether oxygens (including phenoxy) is 1. The summed E-state index contributed by atoms with van der Waals surface area (Å²) in [5.74, 6) is -0.296. The summed E-state index contributed by atoms with van der Waals surface area (Å²) in [6, 6.07) is 10.3. The summed E-state index contributed by atoms with van der Waals surface area (Å²) < 4.78 is 4.51. The highest BCUT2D eigenvalue weighted by atomic mass is 16.5. The molecule has 17 heavy (non-hydrogen) atoms. The summed E-state index contributed by atoms with van der Waals surface area (Å²) in [4.78, 5) is 13.0. The molecule has 0 unspecified atom stereocenters. The van der Waals surface area contributed by atoms with Gasteiger partial charge in [-0.15, -0.1) is 0 Å². The molecule has 0 aliphatic carbocycles. The van der Waals surface area contributed by atoms with Gasteiger partial charge in [-0.1, -0.05) is 36.4 Å². The number of esters is 1. The van der Waals surface area contributed by atoms with Gasteiger partial charge < -0.3 is 9.64 Å². The Balaban J connectivity index is 2.24. The van der Waals surface area contributed by atoms with E-state index in [1.165, 1.54) is 18.7 Å². The van der Waals surface area contributed by atoms with Crippen LogP contribution in [-0.4, -0.2) is 31.6 Å². The van der Waals surface area contributed by atoms with E-state index in [1.54, 1.807) is 0 Å².